The van der Waals surface area contributed by atoms with E-state index in [9.17, 15) is 13.2 Å². The molecule has 0 unspecified atom stereocenters. The minimum absolute atomic E-state index is 0.0820. The van der Waals surface area contributed by atoms with E-state index in [0.29, 0.717) is 43.0 Å². The van der Waals surface area contributed by atoms with Crippen molar-refractivity contribution in [3.63, 3.8) is 0 Å². The second-order valence-electron chi connectivity index (χ2n) is 8.21. The summed E-state index contributed by atoms with van der Waals surface area (Å²) in [6.07, 6.45) is 3.01. The zero-order valence-corrected chi connectivity index (χ0v) is 19.8. The molecule has 0 aliphatic carbocycles. The molecule has 0 saturated carbocycles. The fraction of sp³-hybridized carbons (Fsp3) is 0.381. The minimum atomic E-state index is -3.57. The number of aryl methyl sites for hydroxylation is 2. The lowest BCUT2D eigenvalue weighted by Gasteiger charge is -2.17. The van der Waals surface area contributed by atoms with Crippen molar-refractivity contribution in [1.29, 1.82) is 0 Å². The highest BCUT2D eigenvalue weighted by Gasteiger charge is 2.25. The van der Waals surface area contributed by atoms with Crippen LogP contribution >= 0.6 is 0 Å². The quantitative estimate of drug-likeness (QED) is 0.366. The first-order valence-corrected chi connectivity index (χ1v) is 12.8. The minimum Gasteiger partial charge on any atom is -0.353 e. The standard InChI is InChI=1S/C21H25N9O3S/c1-4-29-11-14(12(2)27-29)18-26-19-13-6-5-7-16(34(3,32)33)17(13)25-21(30(19)28-18)24-15-10-22-8-9-23-20(15)31/h5-7,11,15,22H,4,8-10H2,1-3H3,(H,23,31)(H,24,25)/t15-/m1/s1. The van der Waals surface area contributed by atoms with Crippen LogP contribution in [0.4, 0.5) is 5.95 Å². The topological polar surface area (TPSA) is 148 Å². The van der Waals surface area contributed by atoms with Crippen LogP contribution in [0.3, 0.4) is 0 Å². The Morgan fingerprint density at radius 1 is 1.21 bits per heavy atom. The van der Waals surface area contributed by atoms with Crippen LogP contribution in [-0.2, 0) is 21.2 Å². The molecule has 178 valence electrons. The summed E-state index contributed by atoms with van der Waals surface area (Å²) in [4.78, 5) is 22.0. The summed E-state index contributed by atoms with van der Waals surface area (Å²) in [6, 6.07) is 4.30. The van der Waals surface area contributed by atoms with E-state index >= 15 is 0 Å². The zero-order chi connectivity index (χ0) is 24.0. The van der Waals surface area contributed by atoms with Crippen molar-refractivity contribution in [2.75, 3.05) is 31.2 Å². The van der Waals surface area contributed by atoms with Crippen molar-refractivity contribution in [3.8, 4) is 11.4 Å². The molecule has 1 aliphatic rings. The first-order chi connectivity index (χ1) is 16.3. The Hall–Kier alpha value is -3.58. The molecule has 0 bridgehead atoms. The Labute approximate surface area is 195 Å². The van der Waals surface area contributed by atoms with E-state index < -0.39 is 15.9 Å². The molecule has 0 spiro atoms. The number of nitrogens with one attached hydrogen (secondary N) is 3. The predicted molar refractivity (Wildman–Crippen MR) is 126 cm³/mol. The maximum absolute atomic E-state index is 12.6. The lowest BCUT2D eigenvalue weighted by Crippen LogP contribution is -2.42. The number of fused-ring (bicyclic) bond motifs is 3. The molecule has 1 aromatic carbocycles. The number of amides is 1. The van der Waals surface area contributed by atoms with E-state index in [1.54, 1.807) is 16.8 Å². The molecule has 34 heavy (non-hydrogen) atoms. The summed E-state index contributed by atoms with van der Waals surface area (Å²) < 4.78 is 28.3. The number of aromatic nitrogens is 6. The van der Waals surface area contributed by atoms with E-state index in [-0.39, 0.29) is 22.3 Å². The molecule has 13 heteroatoms. The highest BCUT2D eigenvalue weighted by molar-refractivity contribution is 7.91. The summed E-state index contributed by atoms with van der Waals surface area (Å²) in [5.74, 6) is 0.473. The number of para-hydroxylation sites is 1. The second-order valence-corrected chi connectivity index (χ2v) is 10.2. The van der Waals surface area contributed by atoms with E-state index in [4.69, 9.17) is 4.98 Å². The van der Waals surface area contributed by atoms with Crippen LogP contribution in [0.1, 0.15) is 12.6 Å². The van der Waals surface area contributed by atoms with Gasteiger partial charge >= 0.3 is 0 Å². The first-order valence-electron chi connectivity index (χ1n) is 10.9. The van der Waals surface area contributed by atoms with E-state index in [1.807, 2.05) is 20.0 Å². The van der Waals surface area contributed by atoms with Gasteiger partial charge in [0.15, 0.2) is 21.3 Å². The molecule has 4 aromatic rings. The van der Waals surface area contributed by atoms with Gasteiger partial charge in [0.2, 0.25) is 11.9 Å². The molecule has 3 aromatic heterocycles. The fourth-order valence-electron chi connectivity index (χ4n) is 4.02. The average Bonchev–Trinajstić information content (AvgIpc) is 3.34. The van der Waals surface area contributed by atoms with Crippen LogP contribution < -0.4 is 16.0 Å². The molecule has 4 heterocycles. The van der Waals surface area contributed by atoms with Crippen LogP contribution in [0.5, 0.6) is 0 Å². The number of rotatable bonds is 5. The molecule has 5 rings (SSSR count). The molecule has 0 radical (unpaired) electrons. The van der Waals surface area contributed by atoms with Crippen LogP contribution in [0.2, 0.25) is 0 Å². The number of benzene rings is 1. The summed E-state index contributed by atoms with van der Waals surface area (Å²) >= 11 is 0. The van der Waals surface area contributed by atoms with E-state index in [1.165, 1.54) is 10.6 Å². The molecule has 12 nitrogen and oxygen atoms in total. The Kier molecular flexibility index (Phi) is 5.44. The number of carbonyl (C=O) groups is 1. The highest BCUT2D eigenvalue weighted by Crippen LogP contribution is 2.29. The fourth-order valence-corrected chi connectivity index (χ4v) is 4.85. The second kappa shape index (κ2) is 8.33. The van der Waals surface area contributed by atoms with Crippen LogP contribution in [0, 0.1) is 6.92 Å². The van der Waals surface area contributed by atoms with Crippen molar-refractivity contribution in [2.24, 2.45) is 0 Å². The molecule has 1 fully saturated rings. The summed E-state index contributed by atoms with van der Waals surface area (Å²) in [5.41, 5.74) is 2.23. The van der Waals surface area contributed by atoms with Gasteiger partial charge in [0.25, 0.3) is 0 Å². The third kappa shape index (κ3) is 3.86. The summed E-state index contributed by atoms with van der Waals surface area (Å²) in [7, 11) is -3.57. The Balaban J connectivity index is 1.76. The van der Waals surface area contributed by atoms with Crippen molar-refractivity contribution < 1.29 is 13.2 Å². The van der Waals surface area contributed by atoms with Gasteiger partial charge in [-0.05, 0) is 26.0 Å². The van der Waals surface area contributed by atoms with Gasteiger partial charge in [-0.1, -0.05) is 6.07 Å². The summed E-state index contributed by atoms with van der Waals surface area (Å²) in [6.45, 7) is 6.12. The number of anilines is 1. The average molecular weight is 484 g/mol. The number of hydrogen-bond acceptors (Lipinski definition) is 9. The van der Waals surface area contributed by atoms with Crippen molar-refractivity contribution in [2.45, 2.75) is 31.3 Å². The number of nitrogens with zero attached hydrogens (tertiary/aromatic N) is 6. The van der Waals surface area contributed by atoms with E-state index in [0.717, 1.165) is 17.5 Å². The number of hydrogen-bond donors (Lipinski definition) is 3. The molecule has 1 atom stereocenters. The van der Waals surface area contributed by atoms with Crippen molar-refractivity contribution >= 4 is 38.2 Å². The monoisotopic (exact) mass is 483 g/mol. The molecule has 1 amide bonds. The summed E-state index contributed by atoms with van der Waals surface area (Å²) in [5, 5.41) is 18.9. The van der Waals surface area contributed by atoms with Gasteiger partial charge in [-0.25, -0.2) is 18.4 Å². The van der Waals surface area contributed by atoms with Crippen LogP contribution in [0.25, 0.3) is 27.9 Å². The lowest BCUT2D eigenvalue weighted by atomic mass is 10.2. The lowest BCUT2D eigenvalue weighted by molar-refractivity contribution is -0.121. The molecular formula is C21H25N9O3S. The van der Waals surface area contributed by atoms with Crippen molar-refractivity contribution in [1.82, 2.24) is 40.0 Å². The smallest absolute Gasteiger partial charge is 0.243 e. The van der Waals surface area contributed by atoms with Gasteiger partial charge in [-0.2, -0.15) is 9.61 Å². The molecule has 1 aliphatic heterocycles. The Bertz CT molecular complexity index is 1520. The van der Waals surface area contributed by atoms with Gasteiger partial charge in [-0.3, -0.25) is 9.48 Å². The molecule has 1 saturated heterocycles. The predicted octanol–water partition coefficient (Wildman–Crippen LogP) is 0.373. The maximum Gasteiger partial charge on any atom is 0.243 e. The van der Waals surface area contributed by atoms with Gasteiger partial charge in [0.05, 0.1) is 21.7 Å². The normalized spacial score (nSPS) is 17.1. The zero-order valence-electron chi connectivity index (χ0n) is 19.0. The van der Waals surface area contributed by atoms with Crippen LogP contribution in [-0.4, -0.2) is 75.6 Å². The van der Waals surface area contributed by atoms with Crippen molar-refractivity contribution in [3.05, 3.63) is 30.1 Å². The largest absolute Gasteiger partial charge is 0.353 e. The third-order valence-corrected chi connectivity index (χ3v) is 6.87. The maximum atomic E-state index is 12.6. The van der Waals surface area contributed by atoms with E-state index in [2.05, 4.69) is 31.1 Å². The third-order valence-electron chi connectivity index (χ3n) is 5.75. The first kappa shape index (κ1) is 22.2. The van der Waals surface area contributed by atoms with Crippen LogP contribution in [0.15, 0.2) is 29.3 Å². The van der Waals surface area contributed by atoms with Gasteiger partial charge < -0.3 is 16.0 Å². The molecular weight excluding hydrogens is 458 g/mol. The number of carbonyl (C=O) groups excluding carboxylic acids is 1. The van der Waals surface area contributed by atoms with Gasteiger partial charge in [-0.15, -0.1) is 5.10 Å². The SMILES string of the molecule is CCn1cc(-c2nc3c4cccc(S(C)(=O)=O)c4nc(N[C@@H]4CNCCNC4=O)n3n2)c(C)n1. The number of sulfone groups is 1. The molecule has 3 N–H and O–H groups in total. The Morgan fingerprint density at radius 3 is 2.76 bits per heavy atom. The van der Waals surface area contributed by atoms with Gasteiger partial charge in [0, 0.05) is 44.0 Å². The highest BCUT2D eigenvalue weighted by atomic mass is 32.2. The van der Waals surface area contributed by atoms with Gasteiger partial charge in [0.1, 0.15) is 6.04 Å². The Morgan fingerprint density at radius 2 is 2.03 bits per heavy atom.